The third-order valence-electron chi connectivity index (χ3n) is 6.22. The Bertz CT molecular complexity index is 1020. The summed E-state index contributed by atoms with van der Waals surface area (Å²) in [4.78, 5) is 17.6. The highest BCUT2D eigenvalue weighted by Gasteiger charge is 2.27. The summed E-state index contributed by atoms with van der Waals surface area (Å²) in [6.45, 7) is 7.16. The van der Waals surface area contributed by atoms with Gasteiger partial charge in [-0.25, -0.2) is 0 Å². The standard InChI is InChI=1S/C25H31N5O/c1-19-15-23(20(2)30(19)16-21-9-5-4-6-10-21)24(31)18-28(3)17-22-11-8-14-29(22)25-12-7-13-26-27-25/h4-7,9-10,12-13,15,22H,8,11,14,16-18H2,1-3H3. The highest BCUT2D eigenvalue weighted by molar-refractivity contribution is 5.99. The van der Waals surface area contributed by atoms with Crippen molar-refractivity contribution in [3.05, 3.63) is 77.2 Å². The van der Waals surface area contributed by atoms with Gasteiger partial charge in [0.05, 0.1) is 6.54 Å². The molecule has 162 valence electrons. The predicted molar refractivity (Wildman–Crippen MR) is 124 cm³/mol. The Morgan fingerprint density at radius 1 is 1.16 bits per heavy atom. The maximum Gasteiger partial charge on any atom is 0.178 e. The molecule has 0 aliphatic carbocycles. The number of hydrogen-bond acceptors (Lipinski definition) is 5. The number of ketones is 1. The minimum absolute atomic E-state index is 0.180. The van der Waals surface area contributed by atoms with E-state index in [0.29, 0.717) is 12.6 Å². The first-order chi connectivity index (χ1) is 15.0. The van der Waals surface area contributed by atoms with Crippen molar-refractivity contribution in [2.75, 3.05) is 31.6 Å². The fourth-order valence-corrected chi connectivity index (χ4v) is 4.62. The van der Waals surface area contributed by atoms with Crippen molar-refractivity contribution >= 4 is 11.6 Å². The molecule has 0 bridgehead atoms. The molecule has 1 fully saturated rings. The average Bonchev–Trinajstić information content (AvgIpc) is 3.34. The van der Waals surface area contributed by atoms with E-state index >= 15 is 0 Å². The molecule has 0 N–H and O–H groups in total. The lowest BCUT2D eigenvalue weighted by Crippen LogP contribution is -2.41. The van der Waals surface area contributed by atoms with Gasteiger partial charge in [0, 0.05) is 48.8 Å². The van der Waals surface area contributed by atoms with Crippen LogP contribution < -0.4 is 4.90 Å². The van der Waals surface area contributed by atoms with E-state index in [0.717, 1.165) is 55.2 Å². The largest absolute Gasteiger partial charge is 0.351 e. The first-order valence-electron chi connectivity index (χ1n) is 11.0. The van der Waals surface area contributed by atoms with Crippen molar-refractivity contribution in [2.45, 2.75) is 39.3 Å². The highest BCUT2D eigenvalue weighted by atomic mass is 16.1. The first kappa shape index (κ1) is 21.2. The lowest BCUT2D eigenvalue weighted by molar-refractivity contribution is 0.0943. The number of benzene rings is 1. The molecule has 1 aliphatic rings. The number of anilines is 1. The summed E-state index contributed by atoms with van der Waals surface area (Å²) in [5.41, 5.74) is 4.24. The number of aromatic nitrogens is 3. The van der Waals surface area contributed by atoms with E-state index in [2.05, 4.69) is 62.7 Å². The van der Waals surface area contributed by atoms with Gasteiger partial charge in [-0.3, -0.25) is 9.69 Å². The molecule has 3 heterocycles. The second-order valence-corrected chi connectivity index (χ2v) is 8.55. The van der Waals surface area contributed by atoms with Crippen molar-refractivity contribution in [1.29, 1.82) is 0 Å². The van der Waals surface area contributed by atoms with Crippen LogP contribution in [-0.2, 0) is 6.54 Å². The molecule has 4 rings (SSSR count). The van der Waals surface area contributed by atoms with E-state index in [-0.39, 0.29) is 5.78 Å². The van der Waals surface area contributed by atoms with Crippen LogP contribution in [0.2, 0.25) is 0 Å². The topological polar surface area (TPSA) is 54.3 Å². The van der Waals surface area contributed by atoms with E-state index in [4.69, 9.17) is 0 Å². The van der Waals surface area contributed by atoms with Crippen LogP contribution in [0.25, 0.3) is 0 Å². The minimum Gasteiger partial charge on any atom is -0.351 e. The second kappa shape index (κ2) is 9.43. The van der Waals surface area contributed by atoms with Gasteiger partial charge >= 0.3 is 0 Å². The number of likely N-dealkylation sites (N-methyl/N-ethyl adjacent to an activating group) is 1. The summed E-state index contributed by atoms with van der Waals surface area (Å²) < 4.78 is 2.23. The first-order valence-corrected chi connectivity index (χ1v) is 11.0. The van der Waals surface area contributed by atoms with E-state index in [1.807, 2.05) is 31.3 Å². The Morgan fingerprint density at radius 2 is 1.97 bits per heavy atom. The number of carbonyl (C=O) groups excluding carboxylic acids is 1. The predicted octanol–water partition coefficient (Wildman–Crippen LogP) is 3.73. The van der Waals surface area contributed by atoms with Crippen molar-refractivity contribution in [1.82, 2.24) is 19.7 Å². The van der Waals surface area contributed by atoms with Gasteiger partial charge in [-0.05, 0) is 57.5 Å². The van der Waals surface area contributed by atoms with Gasteiger partial charge in [0.25, 0.3) is 0 Å². The monoisotopic (exact) mass is 417 g/mol. The van der Waals surface area contributed by atoms with Gasteiger partial charge in [0.15, 0.2) is 11.6 Å². The number of hydrogen-bond donors (Lipinski definition) is 0. The molecule has 6 nitrogen and oxygen atoms in total. The van der Waals surface area contributed by atoms with Crippen LogP contribution in [0, 0.1) is 13.8 Å². The number of Topliss-reactive ketones (excluding diaryl/α,β-unsaturated/α-hetero) is 1. The average molecular weight is 418 g/mol. The van der Waals surface area contributed by atoms with Crippen molar-refractivity contribution < 1.29 is 4.79 Å². The number of nitrogens with zero attached hydrogens (tertiary/aromatic N) is 5. The molecule has 0 radical (unpaired) electrons. The van der Waals surface area contributed by atoms with E-state index in [1.165, 1.54) is 5.56 Å². The molecule has 1 aliphatic heterocycles. The van der Waals surface area contributed by atoms with Crippen molar-refractivity contribution in [3.8, 4) is 0 Å². The quantitative estimate of drug-likeness (QED) is 0.523. The molecule has 6 heteroatoms. The van der Waals surface area contributed by atoms with Crippen LogP contribution in [-0.4, -0.2) is 58.2 Å². The molecule has 0 saturated carbocycles. The zero-order valence-electron chi connectivity index (χ0n) is 18.7. The highest BCUT2D eigenvalue weighted by Crippen LogP contribution is 2.24. The van der Waals surface area contributed by atoms with E-state index in [9.17, 15) is 4.79 Å². The SMILES string of the molecule is Cc1cc(C(=O)CN(C)CC2CCCN2c2cccnn2)c(C)n1Cc1ccccc1. The Kier molecular flexibility index (Phi) is 6.47. The maximum atomic E-state index is 13.1. The molecule has 1 saturated heterocycles. The lowest BCUT2D eigenvalue weighted by Gasteiger charge is -2.28. The Hall–Kier alpha value is -2.99. The molecule has 0 spiro atoms. The molecule has 0 amide bonds. The van der Waals surface area contributed by atoms with Gasteiger partial charge in [0.2, 0.25) is 0 Å². The number of rotatable bonds is 8. The van der Waals surface area contributed by atoms with Gasteiger partial charge in [0.1, 0.15) is 0 Å². The number of carbonyl (C=O) groups is 1. The Morgan fingerprint density at radius 3 is 2.71 bits per heavy atom. The van der Waals surface area contributed by atoms with E-state index < -0.39 is 0 Å². The summed E-state index contributed by atoms with van der Waals surface area (Å²) >= 11 is 0. The Labute approximate surface area is 184 Å². The third-order valence-corrected chi connectivity index (χ3v) is 6.22. The minimum atomic E-state index is 0.180. The molecular weight excluding hydrogens is 386 g/mol. The van der Waals surface area contributed by atoms with Crippen LogP contribution in [0.1, 0.15) is 40.2 Å². The fourth-order valence-electron chi connectivity index (χ4n) is 4.62. The molecular formula is C25H31N5O. The second-order valence-electron chi connectivity index (χ2n) is 8.55. The van der Waals surface area contributed by atoms with Crippen LogP contribution in [0.4, 0.5) is 5.82 Å². The summed E-state index contributed by atoms with van der Waals surface area (Å²) in [7, 11) is 2.04. The van der Waals surface area contributed by atoms with Crippen LogP contribution >= 0.6 is 0 Å². The Balaban J connectivity index is 1.40. The van der Waals surface area contributed by atoms with E-state index in [1.54, 1.807) is 6.20 Å². The fraction of sp³-hybridized carbons (Fsp3) is 0.400. The van der Waals surface area contributed by atoms with Crippen LogP contribution in [0.3, 0.4) is 0 Å². The third kappa shape index (κ3) is 4.85. The summed E-state index contributed by atoms with van der Waals surface area (Å²) in [6.07, 6.45) is 3.96. The van der Waals surface area contributed by atoms with Crippen molar-refractivity contribution in [3.63, 3.8) is 0 Å². The molecule has 1 atom stereocenters. The lowest BCUT2D eigenvalue weighted by atomic mass is 10.1. The van der Waals surface area contributed by atoms with Gasteiger partial charge in [-0.2, -0.15) is 5.10 Å². The number of aryl methyl sites for hydroxylation is 1. The maximum absolute atomic E-state index is 13.1. The zero-order valence-corrected chi connectivity index (χ0v) is 18.7. The molecule has 3 aromatic rings. The van der Waals surface area contributed by atoms with Crippen LogP contribution in [0.15, 0.2) is 54.7 Å². The summed E-state index contributed by atoms with van der Waals surface area (Å²) in [5.74, 6) is 1.10. The molecule has 2 aromatic heterocycles. The summed E-state index contributed by atoms with van der Waals surface area (Å²) in [6, 6.07) is 16.7. The smallest absolute Gasteiger partial charge is 0.178 e. The van der Waals surface area contributed by atoms with Gasteiger partial charge in [-0.15, -0.1) is 5.10 Å². The van der Waals surface area contributed by atoms with Gasteiger partial charge < -0.3 is 9.47 Å². The van der Waals surface area contributed by atoms with Gasteiger partial charge in [-0.1, -0.05) is 30.3 Å². The summed E-state index contributed by atoms with van der Waals surface area (Å²) in [5, 5.41) is 8.29. The molecule has 1 unspecified atom stereocenters. The van der Waals surface area contributed by atoms with Crippen molar-refractivity contribution in [2.24, 2.45) is 0 Å². The molecule has 31 heavy (non-hydrogen) atoms. The molecule has 1 aromatic carbocycles. The van der Waals surface area contributed by atoms with Crippen LogP contribution in [0.5, 0.6) is 0 Å². The zero-order chi connectivity index (χ0) is 21.8. The normalized spacial score (nSPS) is 16.3.